The first kappa shape index (κ1) is 16.7. The van der Waals surface area contributed by atoms with Crippen molar-refractivity contribution in [2.75, 3.05) is 0 Å². The summed E-state index contributed by atoms with van der Waals surface area (Å²) in [5, 5.41) is 8.79. The fraction of sp³-hybridized carbons (Fsp3) is 0.500. The number of carbonyl (C=O) groups is 1. The lowest BCUT2D eigenvalue weighted by Gasteiger charge is -2.20. The van der Waals surface area contributed by atoms with Crippen LogP contribution in [0.15, 0.2) is 24.3 Å². The molecule has 0 spiro atoms. The molecule has 0 aliphatic rings. The van der Waals surface area contributed by atoms with Crippen molar-refractivity contribution in [1.82, 2.24) is 4.72 Å². The second kappa shape index (κ2) is 6.85. The lowest BCUT2D eigenvalue weighted by molar-refractivity contribution is 0.0697. The third kappa shape index (κ3) is 4.94. The Morgan fingerprint density at radius 1 is 1.25 bits per heavy atom. The van der Waals surface area contributed by atoms with Gasteiger partial charge in [0.1, 0.15) is 0 Å². The highest BCUT2D eigenvalue weighted by molar-refractivity contribution is 7.88. The fourth-order valence-electron chi connectivity index (χ4n) is 1.93. The van der Waals surface area contributed by atoms with E-state index in [4.69, 9.17) is 5.11 Å². The standard InChI is InChI=1S/C14H21NO4S/c1-4-13(10(2)3)15-20(18,19)9-11-5-7-12(8-6-11)14(16)17/h5-8,10,13,15H,4,9H2,1-3H3,(H,16,17). The average molecular weight is 299 g/mol. The molecule has 0 heterocycles. The molecule has 0 amide bonds. The summed E-state index contributed by atoms with van der Waals surface area (Å²) in [7, 11) is -3.42. The zero-order chi connectivity index (χ0) is 15.3. The van der Waals surface area contributed by atoms with Crippen molar-refractivity contribution in [3.05, 3.63) is 35.4 Å². The Hall–Kier alpha value is -1.40. The molecule has 1 rings (SSSR count). The third-order valence-corrected chi connectivity index (χ3v) is 4.51. The predicted octanol–water partition coefficient (Wildman–Crippen LogP) is 2.24. The van der Waals surface area contributed by atoms with Crippen molar-refractivity contribution in [2.45, 2.75) is 39.0 Å². The molecule has 0 aliphatic carbocycles. The predicted molar refractivity (Wildman–Crippen MR) is 78.1 cm³/mol. The monoisotopic (exact) mass is 299 g/mol. The van der Waals surface area contributed by atoms with E-state index in [0.717, 1.165) is 6.42 Å². The molecule has 0 aliphatic heterocycles. The summed E-state index contributed by atoms with van der Waals surface area (Å²) in [5.74, 6) is -0.941. The van der Waals surface area contributed by atoms with Crippen LogP contribution in [0, 0.1) is 5.92 Å². The van der Waals surface area contributed by atoms with Gasteiger partial charge in [-0.1, -0.05) is 32.9 Å². The van der Waals surface area contributed by atoms with Gasteiger partial charge in [0, 0.05) is 6.04 Å². The minimum atomic E-state index is -3.42. The zero-order valence-electron chi connectivity index (χ0n) is 12.0. The van der Waals surface area contributed by atoms with E-state index in [1.807, 2.05) is 20.8 Å². The molecule has 6 heteroatoms. The van der Waals surface area contributed by atoms with Gasteiger partial charge in [0.15, 0.2) is 0 Å². The Labute approximate surface area is 120 Å². The van der Waals surface area contributed by atoms with E-state index in [1.54, 1.807) is 0 Å². The molecule has 0 bridgehead atoms. The summed E-state index contributed by atoms with van der Waals surface area (Å²) in [5.41, 5.74) is 0.717. The molecule has 0 aromatic heterocycles. The lowest BCUT2D eigenvalue weighted by Crippen LogP contribution is -2.38. The van der Waals surface area contributed by atoms with E-state index in [2.05, 4.69) is 4.72 Å². The third-order valence-electron chi connectivity index (χ3n) is 3.13. The van der Waals surface area contributed by atoms with Gasteiger partial charge in [-0.05, 0) is 30.0 Å². The lowest BCUT2D eigenvalue weighted by atomic mass is 10.0. The number of aromatic carboxylic acids is 1. The molecule has 0 fully saturated rings. The topological polar surface area (TPSA) is 83.5 Å². The number of hydrogen-bond acceptors (Lipinski definition) is 3. The van der Waals surface area contributed by atoms with Crippen LogP contribution < -0.4 is 4.72 Å². The van der Waals surface area contributed by atoms with E-state index in [9.17, 15) is 13.2 Å². The van der Waals surface area contributed by atoms with Gasteiger partial charge in [-0.2, -0.15) is 0 Å². The second-order valence-corrected chi connectivity index (χ2v) is 6.89. The van der Waals surface area contributed by atoms with Crippen LogP contribution in [0.5, 0.6) is 0 Å². The molecule has 0 saturated carbocycles. The molecule has 5 nitrogen and oxygen atoms in total. The Bertz CT molecular complexity index is 549. The second-order valence-electron chi connectivity index (χ2n) is 5.14. The normalized spacial score (nSPS) is 13.4. The number of hydrogen-bond donors (Lipinski definition) is 2. The SMILES string of the molecule is CCC(NS(=O)(=O)Cc1ccc(C(=O)O)cc1)C(C)C. The molecule has 0 radical (unpaired) electrons. The smallest absolute Gasteiger partial charge is 0.335 e. The Balaban J connectivity index is 2.78. The molecule has 1 atom stereocenters. The molecule has 112 valence electrons. The van der Waals surface area contributed by atoms with Gasteiger partial charge in [-0.15, -0.1) is 0 Å². The van der Waals surface area contributed by atoms with Crippen LogP contribution in [-0.4, -0.2) is 25.5 Å². The highest BCUT2D eigenvalue weighted by Gasteiger charge is 2.19. The quantitative estimate of drug-likeness (QED) is 0.808. The van der Waals surface area contributed by atoms with Crippen LogP contribution in [0.3, 0.4) is 0 Å². The van der Waals surface area contributed by atoms with Crippen LogP contribution in [0.1, 0.15) is 43.1 Å². The van der Waals surface area contributed by atoms with Crippen LogP contribution in [0.25, 0.3) is 0 Å². The van der Waals surface area contributed by atoms with Crippen molar-refractivity contribution in [2.24, 2.45) is 5.92 Å². The molecule has 20 heavy (non-hydrogen) atoms. The minimum absolute atomic E-state index is 0.0849. The maximum Gasteiger partial charge on any atom is 0.335 e. The minimum Gasteiger partial charge on any atom is -0.478 e. The van der Waals surface area contributed by atoms with Crippen LogP contribution in [0.4, 0.5) is 0 Å². The zero-order valence-corrected chi connectivity index (χ0v) is 12.8. The van der Waals surface area contributed by atoms with Crippen molar-refractivity contribution >= 4 is 16.0 Å². The summed E-state index contributed by atoms with van der Waals surface area (Å²) in [6.07, 6.45) is 0.731. The van der Waals surface area contributed by atoms with E-state index >= 15 is 0 Å². The maximum atomic E-state index is 12.1. The number of nitrogens with one attached hydrogen (secondary N) is 1. The fourth-order valence-corrected chi connectivity index (χ4v) is 3.54. The summed E-state index contributed by atoms with van der Waals surface area (Å²) >= 11 is 0. The Morgan fingerprint density at radius 2 is 1.80 bits per heavy atom. The summed E-state index contributed by atoms with van der Waals surface area (Å²) in [6.45, 7) is 5.88. The number of benzene rings is 1. The van der Waals surface area contributed by atoms with Crippen molar-refractivity contribution in [3.63, 3.8) is 0 Å². The first-order valence-corrected chi connectivity index (χ1v) is 8.22. The van der Waals surface area contributed by atoms with Crippen molar-refractivity contribution < 1.29 is 18.3 Å². The van der Waals surface area contributed by atoms with Gasteiger partial charge in [0.25, 0.3) is 0 Å². The van der Waals surface area contributed by atoms with Crippen LogP contribution >= 0.6 is 0 Å². The van der Waals surface area contributed by atoms with E-state index in [-0.39, 0.29) is 23.3 Å². The molecule has 1 aromatic carbocycles. The largest absolute Gasteiger partial charge is 0.478 e. The number of rotatable bonds is 7. The highest BCUT2D eigenvalue weighted by Crippen LogP contribution is 2.11. The summed E-state index contributed by atoms with van der Waals surface area (Å²) < 4.78 is 26.8. The number of sulfonamides is 1. The summed E-state index contributed by atoms with van der Waals surface area (Å²) in [6, 6.07) is 5.79. The average Bonchev–Trinajstić information content (AvgIpc) is 2.35. The number of carboxylic acids is 1. The van der Waals surface area contributed by atoms with Crippen molar-refractivity contribution in [1.29, 1.82) is 0 Å². The van der Waals surface area contributed by atoms with Gasteiger partial charge < -0.3 is 5.11 Å². The van der Waals surface area contributed by atoms with E-state index in [0.29, 0.717) is 5.56 Å². The van der Waals surface area contributed by atoms with E-state index in [1.165, 1.54) is 24.3 Å². The highest BCUT2D eigenvalue weighted by atomic mass is 32.2. The van der Waals surface area contributed by atoms with Gasteiger partial charge in [0.05, 0.1) is 11.3 Å². The van der Waals surface area contributed by atoms with Crippen LogP contribution in [0.2, 0.25) is 0 Å². The number of carboxylic acid groups (broad SMARTS) is 1. The molecular formula is C14H21NO4S. The first-order chi connectivity index (χ1) is 9.25. The molecule has 1 unspecified atom stereocenters. The van der Waals surface area contributed by atoms with E-state index < -0.39 is 16.0 Å². The molecular weight excluding hydrogens is 278 g/mol. The van der Waals surface area contributed by atoms with Crippen molar-refractivity contribution in [3.8, 4) is 0 Å². The van der Waals surface area contributed by atoms with Gasteiger partial charge in [-0.25, -0.2) is 17.9 Å². The maximum absolute atomic E-state index is 12.1. The molecule has 0 saturated heterocycles. The summed E-state index contributed by atoms with van der Waals surface area (Å²) in [4.78, 5) is 10.7. The molecule has 1 aromatic rings. The Kier molecular flexibility index (Phi) is 5.71. The first-order valence-electron chi connectivity index (χ1n) is 6.57. The van der Waals surface area contributed by atoms with Gasteiger partial charge in [0.2, 0.25) is 10.0 Å². The Morgan fingerprint density at radius 3 is 2.20 bits per heavy atom. The van der Waals surface area contributed by atoms with Gasteiger partial charge >= 0.3 is 5.97 Å². The van der Waals surface area contributed by atoms with Crippen LogP contribution in [-0.2, 0) is 15.8 Å². The van der Waals surface area contributed by atoms with Gasteiger partial charge in [-0.3, -0.25) is 0 Å². The molecule has 2 N–H and O–H groups in total.